The van der Waals surface area contributed by atoms with Crippen LogP contribution in [0.25, 0.3) is 0 Å². The molecule has 1 N–H and O–H groups in total. The lowest BCUT2D eigenvalue weighted by Gasteiger charge is -2.07. The molecule has 0 bridgehead atoms. The van der Waals surface area contributed by atoms with Gasteiger partial charge >= 0.3 is 0 Å². The van der Waals surface area contributed by atoms with Gasteiger partial charge in [0.1, 0.15) is 0 Å². The predicted octanol–water partition coefficient (Wildman–Crippen LogP) is 4.17. The zero-order valence-corrected chi connectivity index (χ0v) is 12.5. The smallest absolute Gasteiger partial charge is 0.0721 e. The van der Waals surface area contributed by atoms with Crippen molar-refractivity contribution in [3.8, 4) is 0 Å². The van der Waals surface area contributed by atoms with E-state index in [9.17, 15) is 0 Å². The Morgan fingerprint density at radius 2 is 1.65 bits per heavy atom. The Bertz CT molecular complexity index is 525. The van der Waals surface area contributed by atoms with Gasteiger partial charge in [-0.15, -0.1) is 0 Å². The van der Waals surface area contributed by atoms with E-state index in [0.29, 0.717) is 13.2 Å². The summed E-state index contributed by atoms with van der Waals surface area (Å²) in [5.74, 6) is 0. The standard InChI is InChI=1S/C17H20ClNO/c1-2-19-11-14-6-8-15(9-7-14)12-20-13-16-4-3-5-17(18)10-16/h3-10,19H,2,11-13H2,1H3. The Labute approximate surface area is 125 Å². The molecule has 0 heterocycles. The van der Waals surface area contributed by atoms with E-state index in [2.05, 4.69) is 36.5 Å². The molecule has 0 unspecified atom stereocenters. The van der Waals surface area contributed by atoms with Crippen molar-refractivity contribution in [3.05, 3.63) is 70.2 Å². The van der Waals surface area contributed by atoms with Crippen LogP contribution >= 0.6 is 11.6 Å². The van der Waals surface area contributed by atoms with Crippen LogP contribution in [0, 0.1) is 0 Å². The minimum absolute atomic E-state index is 0.583. The average molecular weight is 290 g/mol. The van der Waals surface area contributed by atoms with Crippen LogP contribution in [0.5, 0.6) is 0 Å². The van der Waals surface area contributed by atoms with Gasteiger partial charge < -0.3 is 10.1 Å². The van der Waals surface area contributed by atoms with Crippen LogP contribution in [0.15, 0.2) is 48.5 Å². The van der Waals surface area contributed by atoms with Crippen molar-refractivity contribution in [3.63, 3.8) is 0 Å². The van der Waals surface area contributed by atoms with Crippen molar-refractivity contribution in [1.29, 1.82) is 0 Å². The second-order valence-electron chi connectivity index (χ2n) is 4.72. The number of hydrogen-bond donors (Lipinski definition) is 1. The van der Waals surface area contributed by atoms with Crippen LogP contribution in [-0.2, 0) is 24.5 Å². The van der Waals surface area contributed by atoms with Crippen LogP contribution in [-0.4, -0.2) is 6.54 Å². The molecule has 0 aliphatic rings. The van der Waals surface area contributed by atoms with Crippen LogP contribution in [0.1, 0.15) is 23.6 Å². The third kappa shape index (κ3) is 4.97. The quantitative estimate of drug-likeness (QED) is 0.826. The van der Waals surface area contributed by atoms with E-state index in [-0.39, 0.29) is 0 Å². The zero-order valence-electron chi connectivity index (χ0n) is 11.7. The molecule has 0 atom stereocenters. The van der Waals surface area contributed by atoms with Gasteiger partial charge in [-0.3, -0.25) is 0 Å². The molecule has 0 aliphatic carbocycles. The summed E-state index contributed by atoms with van der Waals surface area (Å²) in [4.78, 5) is 0. The minimum Gasteiger partial charge on any atom is -0.372 e. The largest absolute Gasteiger partial charge is 0.372 e. The van der Waals surface area contributed by atoms with Gasteiger partial charge in [0.25, 0.3) is 0 Å². The summed E-state index contributed by atoms with van der Waals surface area (Å²) in [5, 5.41) is 4.06. The van der Waals surface area contributed by atoms with E-state index in [4.69, 9.17) is 16.3 Å². The number of ether oxygens (including phenoxy) is 1. The summed E-state index contributed by atoms with van der Waals surface area (Å²) < 4.78 is 5.71. The molecule has 0 saturated carbocycles. The predicted molar refractivity (Wildman–Crippen MR) is 83.8 cm³/mol. The first-order valence-electron chi connectivity index (χ1n) is 6.88. The molecule has 0 radical (unpaired) electrons. The van der Waals surface area contributed by atoms with Crippen molar-refractivity contribution in [2.75, 3.05) is 6.54 Å². The van der Waals surface area contributed by atoms with E-state index in [1.54, 1.807) is 0 Å². The third-order valence-electron chi connectivity index (χ3n) is 3.03. The molecule has 0 fully saturated rings. The lowest BCUT2D eigenvalue weighted by atomic mass is 10.1. The summed E-state index contributed by atoms with van der Waals surface area (Å²) in [7, 11) is 0. The minimum atomic E-state index is 0.583. The van der Waals surface area contributed by atoms with Crippen molar-refractivity contribution in [2.24, 2.45) is 0 Å². The van der Waals surface area contributed by atoms with Gasteiger partial charge in [0.15, 0.2) is 0 Å². The van der Waals surface area contributed by atoms with Gasteiger partial charge in [0.05, 0.1) is 13.2 Å². The maximum Gasteiger partial charge on any atom is 0.0721 e. The fourth-order valence-electron chi connectivity index (χ4n) is 1.94. The number of benzene rings is 2. The van der Waals surface area contributed by atoms with Crippen LogP contribution in [0.3, 0.4) is 0 Å². The highest BCUT2D eigenvalue weighted by Gasteiger charge is 1.97. The van der Waals surface area contributed by atoms with E-state index in [1.807, 2.05) is 24.3 Å². The topological polar surface area (TPSA) is 21.3 Å². The molecular formula is C17H20ClNO. The van der Waals surface area contributed by atoms with Crippen LogP contribution < -0.4 is 5.32 Å². The Morgan fingerprint density at radius 3 is 2.35 bits per heavy atom. The summed E-state index contributed by atoms with van der Waals surface area (Å²) in [5.41, 5.74) is 3.58. The Morgan fingerprint density at radius 1 is 0.950 bits per heavy atom. The Kier molecular flexibility index (Phi) is 6.06. The first-order valence-corrected chi connectivity index (χ1v) is 7.26. The molecule has 0 aromatic heterocycles. The van der Waals surface area contributed by atoms with E-state index >= 15 is 0 Å². The first kappa shape index (κ1) is 15.0. The molecule has 0 aliphatic heterocycles. The number of halogens is 1. The highest BCUT2D eigenvalue weighted by Crippen LogP contribution is 2.12. The SMILES string of the molecule is CCNCc1ccc(COCc2cccc(Cl)c2)cc1. The van der Waals surface area contributed by atoms with Crippen molar-refractivity contribution < 1.29 is 4.74 Å². The van der Waals surface area contributed by atoms with E-state index < -0.39 is 0 Å². The third-order valence-corrected chi connectivity index (χ3v) is 3.26. The summed E-state index contributed by atoms with van der Waals surface area (Å²) in [6, 6.07) is 16.3. The lowest BCUT2D eigenvalue weighted by molar-refractivity contribution is 0.107. The maximum atomic E-state index is 5.94. The van der Waals surface area contributed by atoms with Crippen LogP contribution in [0.2, 0.25) is 5.02 Å². The fraction of sp³-hybridized carbons (Fsp3) is 0.294. The summed E-state index contributed by atoms with van der Waals surface area (Å²) in [6.45, 7) is 5.22. The van der Waals surface area contributed by atoms with Gasteiger partial charge in [-0.1, -0.05) is 54.9 Å². The average Bonchev–Trinajstić information content (AvgIpc) is 2.46. The van der Waals surface area contributed by atoms with E-state index in [0.717, 1.165) is 23.7 Å². The fourth-order valence-corrected chi connectivity index (χ4v) is 2.15. The Hall–Kier alpha value is -1.35. The first-order chi connectivity index (χ1) is 9.78. The normalized spacial score (nSPS) is 10.7. The molecule has 3 heteroatoms. The summed E-state index contributed by atoms with van der Waals surface area (Å²) >= 11 is 5.94. The lowest BCUT2D eigenvalue weighted by Crippen LogP contribution is -2.11. The van der Waals surface area contributed by atoms with Crippen molar-refractivity contribution in [1.82, 2.24) is 5.32 Å². The van der Waals surface area contributed by atoms with Gasteiger partial charge in [-0.2, -0.15) is 0 Å². The van der Waals surface area contributed by atoms with E-state index in [1.165, 1.54) is 11.1 Å². The molecule has 0 saturated heterocycles. The van der Waals surface area contributed by atoms with Gasteiger partial charge in [-0.25, -0.2) is 0 Å². The van der Waals surface area contributed by atoms with Crippen molar-refractivity contribution in [2.45, 2.75) is 26.7 Å². The molecule has 106 valence electrons. The summed E-state index contributed by atoms with van der Waals surface area (Å²) in [6.07, 6.45) is 0. The Balaban J connectivity index is 1.79. The number of nitrogens with one attached hydrogen (secondary N) is 1. The van der Waals surface area contributed by atoms with Gasteiger partial charge in [0, 0.05) is 11.6 Å². The van der Waals surface area contributed by atoms with Gasteiger partial charge in [0.2, 0.25) is 0 Å². The highest BCUT2D eigenvalue weighted by atomic mass is 35.5. The molecule has 2 aromatic carbocycles. The molecule has 0 amide bonds. The molecule has 2 aromatic rings. The highest BCUT2D eigenvalue weighted by molar-refractivity contribution is 6.30. The molecular weight excluding hydrogens is 270 g/mol. The van der Waals surface area contributed by atoms with Gasteiger partial charge in [-0.05, 0) is 35.4 Å². The molecule has 2 nitrogen and oxygen atoms in total. The molecule has 20 heavy (non-hydrogen) atoms. The second-order valence-corrected chi connectivity index (χ2v) is 5.16. The maximum absolute atomic E-state index is 5.94. The second kappa shape index (κ2) is 8.05. The number of rotatable bonds is 7. The zero-order chi connectivity index (χ0) is 14.2. The van der Waals surface area contributed by atoms with Crippen molar-refractivity contribution >= 4 is 11.6 Å². The monoisotopic (exact) mass is 289 g/mol. The molecule has 0 spiro atoms. The van der Waals surface area contributed by atoms with Crippen LogP contribution in [0.4, 0.5) is 0 Å². The molecule has 2 rings (SSSR count). The number of hydrogen-bond acceptors (Lipinski definition) is 2.